The van der Waals surface area contributed by atoms with E-state index in [1.807, 2.05) is 4.98 Å². The van der Waals surface area contributed by atoms with Gasteiger partial charge in [0.25, 0.3) is 5.56 Å². The Kier molecular flexibility index (Phi) is 7.89. The second kappa shape index (κ2) is 9.23. The third-order valence-corrected chi connectivity index (χ3v) is 7.94. The lowest BCUT2D eigenvalue weighted by Crippen LogP contribution is -2.47. The number of hydrogen-bond donors (Lipinski definition) is 6. The highest BCUT2D eigenvalue weighted by Gasteiger charge is 2.57. The zero-order valence-electron chi connectivity index (χ0n) is 14.8. The number of phosphoric ester groups is 1. The van der Waals surface area contributed by atoms with Crippen molar-refractivity contribution < 1.29 is 60.6 Å². The Balaban J connectivity index is 2.21. The normalized spacial score (nSPS) is 30.6. The first-order valence-electron chi connectivity index (χ1n) is 7.67. The molecule has 31 heavy (non-hydrogen) atoms. The van der Waals surface area contributed by atoms with E-state index in [1.54, 1.807) is 0 Å². The van der Waals surface area contributed by atoms with Gasteiger partial charge in [0.05, 0.1) is 12.5 Å². The van der Waals surface area contributed by atoms with Crippen molar-refractivity contribution in [1.82, 2.24) is 9.55 Å². The summed E-state index contributed by atoms with van der Waals surface area (Å²) < 4.78 is 65.5. The molecular weight excluding hydrogens is 519 g/mol. The minimum Gasteiger partial charge on any atom is -0.387 e. The summed E-state index contributed by atoms with van der Waals surface area (Å²) in [6.45, 7) is -1.27. The molecule has 2 rings (SSSR count). The average molecular weight is 535 g/mol. The monoisotopic (exact) mass is 534 g/mol. The van der Waals surface area contributed by atoms with Gasteiger partial charge in [0.1, 0.15) is 11.7 Å². The number of nitrogens with zero attached hydrogens (tertiary/aromatic N) is 1. The van der Waals surface area contributed by atoms with Crippen LogP contribution in [0.4, 0.5) is 4.39 Å². The Morgan fingerprint density at radius 1 is 1.19 bits per heavy atom. The van der Waals surface area contributed by atoms with E-state index in [0.717, 1.165) is 12.3 Å². The minimum atomic E-state index is -5.82. The van der Waals surface area contributed by atoms with Gasteiger partial charge in [-0.15, -0.1) is 11.6 Å². The van der Waals surface area contributed by atoms with Crippen molar-refractivity contribution in [3.05, 3.63) is 33.1 Å². The number of ether oxygens (including phenoxy) is 1. The first-order valence-corrected chi connectivity index (χ1v) is 12.7. The van der Waals surface area contributed by atoms with Crippen LogP contribution in [-0.2, 0) is 31.6 Å². The SMILES string of the molecule is O=c1ccn(C2O[C@](CCl)(COP(=O)(O)OP(=O)(O)OP(=O)(O)O)[C@@H](O)[C@@H]2F)c(=O)[nH]1. The molecule has 6 atom stereocenters. The van der Waals surface area contributed by atoms with Gasteiger partial charge in [-0.2, -0.15) is 8.62 Å². The van der Waals surface area contributed by atoms with Crippen LogP contribution in [0.25, 0.3) is 0 Å². The molecule has 1 aliphatic heterocycles. The van der Waals surface area contributed by atoms with Crippen molar-refractivity contribution in [3.63, 3.8) is 0 Å². The Hall–Kier alpha value is -0.770. The number of alkyl halides is 2. The van der Waals surface area contributed by atoms with Crippen LogP contribution in [0.5, 0.6) is 0 Å². The number of aliphatic hydroxyl groups is 1. The quantitative estimate of drug-likeness (QED) is 0.166. The van der Waals surface area contributed by atoms with Crippen LogP contribution < -0.4 is 11.2 Å². The fraction of sp³-hybridized carbons (Fsp3) is 0.600. The maximum atomic E-state index is 14.6. The van der Waals surface area contributed by atoms with E-state index >= 15 is 0 Å². The highest BCUT2D eigenvalue weighted by molar-refractivity contribution is 7.66. The molecule has 16 nitrogen and oxygen atoms in total. The number of aromatic nitrogens is 2. The van der Waals surface area contributed by atoms with Crippen LogP contribution in [0, 0.1) is 0 Å². The summed E-state index contributed by atoms with van der Waals surface area (Å²) >= 11 is 5.67. The molecule has 0 aromatic carbocycles. The van der Waals surface area contributed by atoms with Crippen LogP contribution in [0.1, 0.15) is 6.23 Å². The maximum Gasteiger partial charge on any atom is 0.490 e. The lowest BCUT2D eigenvalue weighted by Gasteiger charge is -2.29. The first-order chi connectivity index (χ1) is 14.0. The van der Waals surface area contributed by atoms with Gasteiger partial charge < -0.3 is 29.4 Å². The molecule has 0 amide bonds. The van der Waals surface area contributed by atoms with Crippen molar-refractivity contribution in [2.24, 2.45) is 0 Å². The summed E-state index contributed by atoms with van der Waals surface area (Å²) in [4.78, 5) is 60.4. The van der Waals surface area contributed by atoms with Crippen molar-refractivity contribution >= 4 is 35.1 Å². The molecule has 21 heteroatoms. The van der Waals surface area contributed by atoms with Crippen LogP contribution in [-0.4, -0.2) is 64.6 Å². The van der Waals surface area contributed by atoms with Gasteiger partial charge in [0.15, 0.2) is 12.4 Å². The summed E-state index contributed by atoms with van der Waals surface area (Å²) in [6.07, 6.45) is -5.58. The van der Waals surface area contributed by atoms with E-state index in [9.17, 15) is 37.7 Å². The zero-order valence-corrected chi connectivity index (χ0v) is 18.2. The molecule has 1 aromatic heterocycles. The molecule has 1 aromatic rings. The molecule has 6 N–H and O–H groups in total. The molecule has 0 spiro atoms. The summed E-state index contributed by atoms with van der Waals surface area (Å²) in [6, 6.07) is 0.844. The standard InChI is InChI=1S/C10H15ClFN2O14P3/c11-3-10(4-25-30(21,22)28-31(23,24)27-29(18,19)20)7(16)6(12)8(26-10)14-2-1-5(15)13-9(14)17/h1-2,6-8,16H,3-4H2,(H,21,22)(H,23,24)(H,13,15,17)(H2,18,19,20)/t6-,7-,8?,10+/m0/s1. The zero-order chi connectivity index (χ0) is 23.8. The first kappa shape index (κ1) is 26.5. The third-order valence-electron chi connectivity index (χ3n) is 3.71. The number of aromatic amines is 1. The Bertz CT molecular complexity index is 1070. The smallest absolute Gasteiger partial charge is 0.387 e. The van der Waals surface area contributed by atoms with E-state index in [2.05, 4.69) is 13.1 Å². The largest absolute Gasteiger partial charge is 0.490 e. The number of hydrogen-bond acceptors (Lipinski definition) is 10. The van der Waals surface area contributed by atoms with Crippen molar-refractivity contribution in [3.8, 4) is 0 Å². The lowest BCUT2D eigenvalue weighted by atomic mass is 9.99. The number of halogens is 2. The predicted octanol–water partition coefficient (Wildman–Crippen LogP) is -0.915. The lowest BCUT2D eigenvalue weighted by molar-refractivity contribution is -0.113. The van der Waals surface area contributed by atoms with Crippen LogP contribution in [0.15, 0.2) is 21.9 Å². The van der Waals surface area contributed by atoms with Gasteiger partial charge in [-0.05, 0) is 0 Å². The number of aliphatic hydroxyl groups excluding tert-OH is 1. The Morgan fingerprint density at radius 3 is 2.32 bits per heavy atom. The molecule has 2 heterocycles. The summed E-state index contributed by atoms with van der Waals surface area (Å²) in [5, 5.41) is 10.2. The Morgan fingerprint density at radius 2 is 1.81 bits per heavy atom. The van der Waals surface area contributed by atoms with Gasteiger partial charge >= 0.3 is 29.2 Å². The molecule has 3 unspecified atom stereocenters. The summed E-state index contributed by atoms with van der Waals surface area (Å²) in [5.74, 6) is -0.807. The van der Waals surface area contributed by atoms with E-state index in [-0.39, 0.29) is 0 Å². The maximum absolute atomic E-state index is 14.6. The molecule has 1 saturated heterocycles. The van der Waals surface area contributed by atoms with E-state index in [0.29, 0.717) is 4.57 Å². The van der Waals surface area contributed by atoms with E-state index < -0.39 is 71.3 Å². The second-order valence-electron chi connectivity index (χ2n) is 5.98. The van der Waals surface area contributed by atoms with Gasteiger partial charge in [-0.1, -0.05) is 0 Å². The van der Waals surface area contributed by atoms with Gasteiger partial charge in [-0.3, -0.25) is 18.9 Å². The van der Waals surface area contributed by atoms with E-state index in [1.165, 1.54) is 0 Å². The van der Waals surface area contributed by atoms with Crippen LogP contribution >= 0.6 is 35.1 Å². The van der Waals surface area contributed by atoms with Crippen LogP contribution in [0.3, 0.4) is 0 Å². The minimum absolute atomic E-state index is 0.550. The fourth-order valence-corrected chi connectivity index (χ4v) is 5.80. The number of nitrogens with one attached hydrogen (secondary N) is 1. The van der Waals surface area contributed by atoms with E-state index in [4.69, 9.17) is 31.0 Å². The number of H-pyrrole nitrogens is 1. The molecule has 1 aliphatic rings. The van der Waals surface area contributed by atoms with Crippen molar-refractivity contribution in [2.45, 2.75) is 24.1 Å². The summed E-state index contributed by atoms with van der Waals surface area (Å²) in [7, 11) is -17.1. The highest BCUT2D eigenvalue weighted by atomic mass is 35.5. The fourth-order valence-electron chi connectivity index (χ4n) is 2.42. The molecule has 0 aliphatic carbocycles. The van der Waals surface area contributed by atoms with Gasteiger partial charge in [0, 0.05) is 12.3 Å². The van der Waals surface area contributed by atoms with Gasteiger partial charge in [-0.25, -0.2) is 22.9 Å². The molecule has 0 radical (unpaired) electrons. The highest BCUT2D eigenvalue weighted by Crippen LogP contribution is 2.66. The topological polar surface area (TPSA) is 244 Å². The molecule has 178 valence electrons. The second-order valence-corrected chi connectivity index (χ2v) is 10.7. The Labute approximate surface area is 175 Å². The number of rotatable bonds is 9. The molecule has 0 saturated carbocycles. The average Bonchev–Trinajstić information content (AvgIpc) is 2.82. The van der Waals surface area contributed by atoms with Crippen LogP contribution in [0.2, 0.25) is 0 Å². The molecule has 0 bridgehead atoms. The predicted molar refractivity (Wildman–Crippen MR) is 95.6 cm³/mol. The van der Waals surface area contributed by atoms with Gasteiger partial charge in [0.2, 0.25) is 0 Å². The molecular formula is C10H15ClFN2O14P3. The van der Waals surface area contributed by atoms with Crippen molar-refractivity contribution in [2.75, 3.05) is 12.5 Å². The molecule has 1 fully saturated rings. The summed E-state index contributed by atoms with van der Waals surface area (Å²) in [5.41, 5.74) is -4.25. The number of phosphoric acid groups is 3. The third kappa shape index (κ3) is 6.62. The van der Waals surface area contributed by atoms with Crippen molar-refractivity contribution in [1.29, 1.82) is 0 Å².